The molecule has 0 aliphatic heterocycles. The Hall–Kier alpha value is -1.28. The molecule has 2 heteroatoms. The van der Waals surface area contributed by atoms with Crippen molar-refractivity contribution < 1.29 is 9.47 Å². The molecule has 0 radical (unpaired) electrons. The highest BCUT2D eigenvalue weighted by atomic mass is 16.5. The van der Waals surface area contributed by atoms with Crippen molar-refractivity contribution in [2.24, 2.45) is 0 Å². The Morgan fingerprint density at radius 3 is 2.62 bits per heavy atom. The Morgan fingerprint density at radius 2 is 1.94 bits per heavy atom. The van der Waals surface area contributed by atoms with Crippen LogP contribution in [0.1, 0.15) is 25.8 Å². The van der Waals surface area contributed by atoms with Crippen molar-refractivity contribution in [3.05, 3.63) is 36.4 Å². The largest absolute Gasteiger partial charge is 0.491 e. The van der Waals surface area contributed by atoms with Crippen LogP contribution < -0.4 is 4.74 Å². The van der Waals surface area contributed by atoms with Crippen LogP contribution in [0.4, 0.5) is 0 Å². The van der Waals surface area contributed by atoms with E-state index < -0.39 is 0 Å². The van der Waals surface area contributed by atoms with E-state index in [0.29, 0.717) is 13.2 Å². The minimum atomic E-state index is 0.588. The van der Waals surface area contributed by atoms with E-state index in [1.165, 1.54) is 0 Å². The molecule has 0 spiro atoms. The van der Waals surface area contributed by atoms with E-state index in [-0.39, 0.29) is 0 Å². The van der Waals surface area contributed by atoms with Gasteiger partial charge in [0, 0.05) is 12.2 Å². The van der Waals surface area contributed by atoms with Crippen LogP contribution in [0, 0.1) is 0 Å². The summed E-state index contributed by atoms with van der Waals surface area (Å²) >= 11 is 0. The molecule has 0 unspecified atom stereocenters. The molecular weight excluding hydrogens is 200 g/mol. The second-order valence-corrected chi connectivity index (χ2v) is 3.74. The average Bonchev–Trinajstić information content (AvgIpc) is 2.29. The number of hydrogen-bond donors (Lipinski definition) is 0. The fourth-order valence-electron chi connectivity index (χ4n) is 1.40. The topological polar surface area (TPSA) is 18.5 Å². The lowest BCUT2D eigenvalue weighted by molar-refractivity contribution is 0.101. The molecule has 0 aliphatic carbocycles. The lowest BCUT2D eigenvalue weighted by atomic mass is 10.1. The Labute approximate surface area is 97.9 Å². The molecule has 0 N–H and O–H groups in total. The first-order valence-electron chi connectivity index (χ1n) is 5.71. The first-order chi connectivity index (χ1) is 7.75. The molecule has 2 nitrogen and oxygen atoms in total. The quantitative estimate of drug-likeness (QED) is 0.654. The van der Waals surface area contributed by atoms with Gasteiger partial charge in [-0.15, -0.1) is 0 Å². The molecule has 0 atom stereocenters. The van der Waals surface area contributed by atoms with Gasteiger partial charge >= 0.3 is 0 Å². The fourth-order valence-corrected chi connectivity index (χ4v) is 1.40. The van der Waals surface area contributed by atoms with Gasteiger partial charge in [-0.3, -0.25) is 0 Å². The second-order valence-electron chi connectivity index (χ2n) is 3.74. The molecule has 1 aromatic rings. The Balaban J connectivity index is 2.44. The van der Waals surface area contributed by atoms with Gasteiger partial charge in [0.05, 0.1) is 6.61 Å². The molecule has 1 aromatic carbocycles. The van der Waals surface area contributed by atoms with Gasteiger partial charge in [0.15, 0.2) is 0 Å². The smallest absolute Gasteiger partial charge is 0.126 e. The van der Waals surface area contributed by atoms with E-state index >= 15 is 0 Å². The molecule has 16 heavy (non-hydrogen) atoms. The average molecular weight is 220 g/mol. The van der Waals surface area contributed by atoms with Gasteiger partial charge in [-0.1, -0.05) is 31.7 Å². The van der Waals surface area contributed by atoms with Crippen LogP contribution in [-0.2, 0) is 4.74 Å². The Kier molecular flexibility index (Phi) is 5.65. The molecule has 0 aromatic heterocycles. The maximum atomic E-state index is 5.66. The molecular formula is C14H20O2. The molecule has 0 fully saturated rings. The van der Waals surface area contributed by atoms with E-state index in [1.54, 1.807) is 0 Å². The van der Waals surface area contributed by atoms with Crippen LogP contribution in [0.15, 0.2) is 30.8 Å². The first-order valence-corrected chi connectivity index (χ1v) is 5.71. The van der Waals surface area contributed by atoms with Crippen LogP contribution in [0.3, 0.4) is 0 Å². The summed E-state index contributed by atoms with van der Waals surface area (Å²) in [6.07, 6.45) is 1.04. The monoisotopic (exact) mass is 220 g/mol. The Morgan fingerprint density at radius 1 is 1.19 bits per heavy atom. The van der Waals surface area contributed by atoms with Crippen LogP contribution in [0.2, 0.25) is 0 Å². The van der Waals surface area contributed by atoms with Gasteiger partial charge in [0.1, 0.15) is 12.4 Å². The van der Waals surface area contributed by atoms with Gasteiger partial charge in [-0.2, -0.15) is 0 Å². The third kappa shape index (κ3) is 4.07. The zero-order chi connectivity index (χ0) is 11.8. The Bertz CT molecular complexity index is 331. The van der Waals surface area contributed by atoms with Gasteiger partial charge in [0.2, 0.25) is 0 Å². The van der Waals surface area contributed by atoms with E-state index in [1.807, 2.05) is 31.2 Å². The van der Waals surface area contributed by atoms with E-state index in [4.69, 9.17) is 9.47 Å². The molecule has 1 rings (SSSR count). The van der Waals surface area contributed by atoms with Gasteiger partial charge in [-0.25, -0.2) is 0 Å². The highest BCUT2D eigenvalue weighted by Gasteiger charge is 2.02. The van der Waals surface area contributed by atoms with Crippen LogP contribution >= 0.6 is 0 Å². The summed E-state index contributed by atoms with van der Waals surface area (Å²) in [5.41, 5.74) is 2.09. The molecule has 0 saturated carbocycles. The zero-order valence-corrected chi connectivity index (χ0v) is 10.2. The van der Waals surface area contributed by atoms with Crippen molar-refractivity contribution in [1.82, 2.24) is 0 Å². The molecule has 0 bridgehead atoms. The number of hydrogen-bond acceptors (Lipinski definition) is 2. The maximum Gasteiger partial charge on any atom is 0.126 e. The molecule has 0 aliphatic rings. The zero-order valence-electron chi connectivity index (χ0n) is 10.2. The highest BCUT2D eigenvalue weighted by molar-refractivity contribution is 5.66. The summed E-state index contributed by atoms with van der Waals surface area (Å²) in [4.78, 5) is 0. The number of para-hydroxylation sites is 1. The van der Waals surface area contributed by atoms with Crippen LogP contribution in [-0.4, -0.2) is 19.8 Å². The summed E-state index contributed by atoms with van der Waals surface area (Å²) in [5, 5.41) is 0. The number of ether oxygens (including phenoxy) is 2. The minimum absolute atomic E-state index is 0.588. The SMILES string of the molecule is C=C(C)c1ccccc1OCCOCCC. The number of benzene rings is 1. The van der Waals surface area contributed by atoms with Crippen molar-refractivity contribution in [3.8, 4) is 5.75 Å². The predicted molar refractivity (Wildman–Crippen MR) is 67.8 cm³/mol. The second kappa shape index (κ2) is 7.07. The van der Waals surface area contributed by atoms with Crippen LogP contribution in [0.25, 0.3) is 5.57 Å². The lowest BCUT2D eigenvalue weighted by Gasteiger charge is -2.11. The summed E-state index contributed by atoms with van der Waals surface area (Å²) in [6, 6.07) is 7.94. The van der Waals surface area contributed by atoms with Crippen molar-refractivity contribution in [1.29, 1.82) is 0 Å². The fraction of sp³-hybridized carbons (Fsp3) is 0.429. The van der Waals surface area contributed by atoms with Crippen molar-refractivity contribution in [3.63, 3.8) is 0 Å². The van der Waals surface area contributed by atoms with Gasteiger partial charge < -0.3 is 9.47 Å². The van der Waals surface area contributed by atoms with E-state index in [9.17, 15) is 0 Å². The first kappa shape index (κ1) is 12.8. The summed E-state index contributed by atoms with van der Waals surface area (Å²) < 4.78 is 11.0. The molecule has 88 valence electrons. The number of rotatable bonds is 7. The van der Waals surface area contributed by atoms with Crippen molar-refractivity contribution in [2.45, 2.75) is 20.3 Å². The summed E-state index contributed by atoms with van der Waals surface area (Å²) in [6.45, 7) is 10.0. The van der Waals surface area contributed by atoms with E-state index in [0.717, 1.165) is 29.9 Å². The van der Waals surface area contributed by atoms with Gasteiger partial charge in [0.25, 0.3) is 0 Å². The minimum Gasteiger partial charge on any atom is -0.491 e. The molecule has 0 saturated heterocycles. The summed E-state index contributed by atoms with van der Waals surface area (Å²) in [5.74, 6) is 0.884. The van der Waals surface area contributed by atoms with E-state index in [2.05, 4.69) is 13.5 Å². The van der Waals surface area contributed by atoms with Gasteiger partial charge in [-0.05, 0) is 25.0 Å². The lowest BCUT2D eigenvalue weighted by Crippen LogP contribution is -2.07. The third-order valence-corrected chi connectivity index (χ3v) is 2.18. The number of allylic oxidation sites excluding steroid dienone is 1. The summed E-state index contributed by atoms with van der Waals surface area (Å²) in [7, 11) is 0. The van der Waals surface area contributed by atoms with Crippen molar-refractivity contribution >= 4 is 5.57 Å². The normalized spacial score (nSPS) is 10.1. The highest BCUT2D eigenvalue weighted by Crippen LogP contribution is 2.24. The maximum absolute atomic E-state index is 5.66. The molecule has 0 heterocycles. The molecule has 0 amide bonds. The predicted octanol–water partition coefficient (Wildman–Crippen LogP) is 3.53. The third-order valence-electron chi connectivity index (χ3n) is 2.18. The van der Waals surface area contributed by atoms with Crippen LogP contribution in [0.5, 0.6) is 5.75 Å². The standard InChI is InChI=1S/C14H20O2/c1-4-9-15-10-11-16-14-8-6-5-7-13(14)12(2)3/h5-8H,2,4,9-11H2,1,3H3. The van der Waals surface area contributed by atoms with Crippen molar-refractivity contribution in [2.75, 3.05) is 19.8 Å².